The summed E-state index contributed by atoms with van der Waals surface area (Å²) in [5.74, 6) is 1.25. The zero-order valence-electron chi connectivity index (χ0n) is 15.6. The van der Waals surface area contributed by atoms with Crippen LogP contribution in [0.4, 0.5) is 4.39 Å². The minimum Gasteiger partial charge on any atom is -0.508 e. The maximum absolute atomic E-state index is 12.1. The van der Waals surface area contributed by atoms with Crippen molar-refractivity contribution in [2.45, 2.75) is 32.0 Å². The molecule has 4 atom stereocenters. The van der Waals surface area contributed by atoms with Gasteiger partial charge in [0.1, 0.15) is 11.6 Å². The van der Waals surface area contributed by atoms with Crippen molar-refractivity contribution in [2.24, 2.45) is 11.8 Å². The Morgan fingerprint density at radius 2 is 1.56 bits per heavy atom. The van der Waals surface area contributed by atoms with Crippen molar-refractivity contribution in [3.05, 3.63) is 65.5 Å². The first-order valence-electron chi connectivity index (χ1n) is 9.50. The van der Waals surface area contributed by atoms with E-state index in [2.05, 4.69) is 4.90 Å². The normalized spacial score (nSPS) is 25.6. The third-order valence-electron chi connectivity index (χ3n) is 5.52. The van der Waals surface area contributed by atoms with Crippen molar-refractivity contribution >= 4 is 0 Å². The van der Waals surface area contributed by atoms with Crippen molar-refractivity contribution in [1.82, 2.24) is 4.90 Å². The molecule has 2 aromatic carbocycles. The zero-order chi connectivity index (χ0) is 19.4. The summed E-state index contributed by atoms with van der Waals surface area (Å²) >= 11 is 0. The van der Waals surface area contributed by atoms with E-state index >= 15 is 0 Å². The van der Waals surface area contributed by atoms with Gasteiger partial charge in [0.25, 0.3) is 0 Å². The molecule has 27 heavy (non-hydrogen) atoms. The molecule has 1 saturated heterocycles. The van der Waals surface area contributed by atoms with Crippen LogP contribution in [-0.2, 0) is 0 Å². The highest BCUT2D eigenvalue weighted by molar-refractivity contribution is 5.27. The molecular formula is C22H28FNO3. The van der Waals surface area contributed by atoms with Gasteiger partial charge >= 0.3 is 0 Å². The van der Waals surface area contributed by atoms with E-state index in [0.29, 0.717) is 18.4 Å². The molecule has 0 radical (unpaired) electrons. The molecule has 146 valence electrons. The van der Waals surface area contributed by atoms with Crippen LogP contribution < -0.4 is 0 Å². The Balaban J connectivity index is 0.000000221. The number of hydrogen-bond acceptors (Lipinski definition) is 4. The minimum absolute atomic E-state index is 0.112. The number of rotatable bonds is 3. The van der Waals surface area contributed by atoms with Crippen LogP contribution in [0.15, 0.2) is 48.5 Å². The van der Waals surface area contributed by atoms with Crippen molar-refractivity contribution in [2.75, 3.05) is 19.6 Å². The lowest BCUT2D eigenvalue weighted by Gasteiger charge is -2.21. The number of fused-ring (bicyclic) bond motifs is 1. The van der Waals surface area contributed by atoms with Crippen LogP contribution in [0, 0.1) is 24.6 Å². The van der Waals surface area contributed by atoms with Crippen molar-refractivity contribution in [3.8, 4) is 5.75 Å². The molecule has 3 N–H and O–H groups in total. The van der Waals surface area contributed by atoms with Crippen molar-refractivity contribution in [1.29, 1.82) is 0 Å². The summed E-state index contributed by atoms with van der Waals surface area (Å²) in [6.07, 6.45) is 1.20. The number of likely N-dealkylation sites (tertiary alicyclic amines) is 1. The molecule has 2 unspecified atom stereocenters. The molecule has 0 spiro atoms. The summed E-state index contributed by atoms with van der Waals surface area (Å²) in [5.41, 5.74) is 1.93. The highest BCUT2D eigenvalue weighted by atomic mass is 19.1. The van der Waals surface area contributed by atoms with E-state index in [0.717, 1.165) is 37.1 Å². The number of benzene rings is 2. The molecule has 0 bridgehead atoms. The molecule has 1 aliphatic carbocycles. The number of aliphatic hydroxyl groups excluding tert-OH is 2. The second kappa shape index (κ2) is 8.83. The Morgan fingerprint density at radius 1 is 1.00 bits per heavy atom. The molecular weight excluding hydrogens is 345 g/mol. The Hall–Kier alpha value is -1.95. The predicted molar refractivity (Wildman–Crippen MR) is 103 cm³/mol. The monoisotopic (exact) mass is 373 g/mol. The zero-order valence-corrected chi connectivity index (χ0v) is 15.6. The number of phenolic OH excluding ortho intramolecular Hbond substituents is 1. The van der Waals surface area contributed by atoms with Crippen LogP contribution >= 0.6 is 0 Å². The van der Waals surface area contributed by atoms with E-state index in [1.807, 2.05) is 6.92 Å². The van der Waals surface area contributed by atoms with Crippen LogP contribution in [0.1, 0.15) is 30.1 Å². The van der Waals surface area contributed by atoms with Gasteiger partial charge in [-0.2, -0.15) is 0 Å². The largest absolute Gasteiger partial charge is 0.508 e. The van der Waals surface area contributed by atoms with Gasteiger partial charge in [-0.05, 0) is 61.4 Å². The fourth-order valence-corrected chi connectivity index (χ4v) is 4.09. The summed E-state index contributed by atoms with van der Waals surface area (Å²) in [6.45, 7) is 4.53. The second-order valence-electron chi connectivity index (χ2n) is 7.77. The highest BCUT2D eigenvalue weighted by Crippen LogP contribution is 2.38. The number of aromatic hydroxyl groups is 1. The quantitative estimate of drug-likeness (QED) is 0.773. The maximum atomic E-state index is 12.1. The smallest absolute Gasteiger partial charge is 0.123 e. The van der Waals surface area contributed by atoms with Crippen LogP contribution in [0.5, 0.6) is 5.75 Å². The predicted octanol–water partition coefficient (Wildman–Crippen LogP) is 3.26. The SMILES string of the molecule is Cc1ccc(F)cc1.Oc1ccc(C(O)CN2C[C@H]3CC(O)C[C@H]3C2)cc1. The molecule has 0 amide bonds. The molecule has 2 fully saturated rings. The molecule has 1 saturated carbocycles. The first kappa shape index (κ1) is 19.8. The third kappa shape index (κ3) is 5.51. The first-order valence-corrected chi connectivity index (χ1v) is 9.50. The van der Waals surface area contributed by atoms with E-state index < -0.39 is 6.10 Å². The average Bonchev–Trinajstić information content (AvgIpc) is 3.15. The van der Waals surface area contributed by atoms with Crippen LogP contribution in [0.2, 0.25) is 0 Å². The van der Waals surface area contributed by atoms with Gasteiger partial charge in [0.15, 0.2) is 0 Å². The number of halogens is 1. The molecule has 1 heterocycles. The van der Waals surface area contributed by atoms with Crippen molar-refractivity contribution in [3.63, 3.8) is 0 Å². The number of aliphatic hydroxyl groups is 2. The summed E-state index contributed by atoms with van der Waals surface area (Å²) < 4.78 is 12.1. The standard InChI is InChI=1S/C15H21NO3.C7H7F/c17-13-3-1-10(2-4-13)15(19)9-16-7-11-5-14(18)6-12(11)8-16;1-6-2-4-7(8)5-3-6/h1-4,11-12,14-15,17-19H,5-9H2;2-5H,1H3/t11-,12+,14?,15?;. The fraction of sp³-hybridized carbons (Fsp3) is 0.455. The topological polar surface area (TPSA) is 63.9 Å². The Morgan fingerprint density at radius 3 is 2.07 bits per heavy atom. The van der Waals surface area contributed by atoms with Gasteiger partial charge in [-0.15, -0.1) is 0 Å². The molecule has 2 aromatic rings. The van der Waals surface area contributed by atoms with Gasteiger partial charge in [-0.3, -0.25) is 4.90 Å². The lowest BCUT2D eigenvalue weighted by atomic mass is 10.0. The fourth-order valence-electron chi connectivity index (χ4n) is 4.09. The molecule has 5 heteroatoms. The van der Waals surface area contributed by atoms with Crippen LogP contribution in [0.3, 0.4) is 0 Å². The summed E-state index contributed by atoms with van der Waals surface area (Å²) in [4.78, 5) is 2.29. The van der Waals surface area contributed by atoms with Crippen LogP contribution in [0.25, 0.3) is 0 Å². The molecule has 2 aliphatic rings. The Bertz CT molecular complexity index is 684. The maximum Gasteiger partial charge on any atom is 0.123 e. The van der Waals surface area contributed by atoms with Gasteiger partial charge in [0, 0.05) is 19.6 Å². The van der Waals surface area contributed by atoms with E-state index in [-0.39, 0.29) is 17.7 Å². The number of β-amino-alcohol motifs (C(OH)–C–C–N with tert-alkyl or cyclic N) is 1. The number of phenols is 1. The van der Waals surface area contributed by atoms with Gasteiger partial charge in [-0.25, -0.2) is 4.39 Å². The second-order valence-corrected chi connectivity index (χ2v) is 7.77. The van der Waals surface area contributed by atoms with Gasteiger partial charge in [-0.1, -0.05) is 29.8 Å². The summed E-state index contributed by atoms with van der Waals surface area (Å²) in [7, 11) is 0. The van der Waals surface area contributed by atoms with E-state index in [1.165, 1.54) is 12.1 Å². The van der Waals surface area contributed by atoms with Crippen molar-refractivity contribution < 1.29 is 19.7 Å². The average molecular weight is 373 g/mol. The van der Waals surface area contributed by atoms with E-state index in [4.69, 9.17) is 0 Å². The highest BCUT2D eigenvalue weighted by Gasteiger charge is 2.40. The van der Waals surface area contributed by atoms with Gasteiger partial charge in [0.2, 0.25) is 0 Å². The van der Waals surface area contributed by atoms with E-state index in [9.17, 15) is 19.7 Å². The third-order valence-corrected chi connectivity index (χ3v) is 5.52. The number of hydrogen-bond donors (Lipinski definition) is 3. The lowest BCUT2D eigenvalue weighted by Crippen LogP contribution is -2.28. The van der Waals surface area contributed by atoms with E-state index in [1.54, 1.807) is 36.4 Å². The minimum atomic E-state index is -0.510. The van der Waals surface area contributed by atoms with Gasteiger partial charge < -0.3 is 15.3 Å². The molecule has 0 aromatic heterocycles. The Labute approximate surface area is 159 Å². The molecule has 4 rings (SSSR count). The molecule has 1 aliphatic heterocycles. The summed E-state index contributed by atoms with van der Waals surface area (Å²) in [5, 5.41) is 29.1. The summed E-state index contributed by atoms with van der Waals surface area (Å²) in [6, 6.07) is 13.1. The number of aryl methyl sites for hydroxylation is 1. The molecule has 4 nitrogen and oxygen atoms in total. The van der Waals surface area contributed by atoms with Crippen LogP contribution in [-0.4, -0.2) is 46.0 Å². The lowest BCUT2D eigenvalue weighted by molar-refractivity contribution is 0.113. The Kier molecular flexibility index (Phi) is 6.47. The van der Waals surface area contributed by atoms with Gasteiger partial charge in [0.05, 0.1) is 12.2 Å². The number of nitrogens with zero attached hydrogens (tertiary/aromatic N) is 1. The first-order chi connectivity index (χ1) is 12.9.